The summed E-state index contributed by atoms with van der Waals surface area (Å²) in [5, 5.41) is 17.1. The van der Waals surface area contributed by atoms with Crippen molar-refractivity contribution < 1.29 is 19.4 Å². The topological polar surface area (TPSA) is 105 Å². The van der Waals surface area contributed by atoms with Crippen LogP contribution in [0.15, 0.2) is 79.0 Å². The van der Waals surface area contributed by atoms with E-state index in [0.717, 1.165) is 45.9 Å². The molecule has 0 radical (unpaired) electrons. The van der Waals surface area contributed by atoms with E-state index < -0.39 is 6.10 Å². The summed E-state index contributed by atoms with van der Waals surface area (Å²) in [5.74, 6) is 0.377. The Morgan fingerprint density at radius 3 is 2.32 bits per heavy atom. The van der Waals surface area contributed by atoms with Crippen LogP contribution in [0.2, 0.25) is 0 Å². The second-order valence-electron chi connectivity index (χ2n) is 10.4. The Morgan fingerprint density at radius 1 is 0.951 bits per heavy atom. The SMILES string of the molecule is COC(=O)c1ccc(CNC(=O)Cc2cccc(C[C@@H](C)NC[C@@H](O)c3ccc(-n4c(C)ccc4C)nc3)c2)cc1. The van der Waals surface area contributed by atoms with Gasteiger partial charge in [0.05, 0.1) is 25.2 Å². The van der Waals surface area contributed by atoms with Gasteiger partial charge in [-0.25, -0.2) is 9.78 Å². The number of aryl methyl sites for hydroxylation is 2. The minimum atomic E-state index is -0.669. The Kier molecular flexibility index (Phi) is 10.1. The number of carbonyl (C=O) groups excluding carboxylic acids is 2. The first-order valence-corrected chi connectivity index (χ1v) is 13.8. The average Bonchev–Trinajstić information content (AvgIpc) is 3.32. The monoisotopic (exact) mass is 554 g/mol. The normalized spacial score (nSPS) is 12.5. The zero-order valence-electron chi connectivity index (χ0n) is 24.1. The van der Waals surface area contributed by atoms with Gasteiger partial charge in [0, 0.05) is 42.3 Å². The molecule has 41 heavy (non-hydrogen) atoms. The highest BCUT2D eigenvalue weighted by molar-refractivity contribution is 5.89. The van der Waals surface area contributed by atoms with Crippen molar-refractivity contribution in [1.82, 2.24) is 20.2 Å². The van der Waals surface area contributed by atoms with E-state index in [2.05, 4.69) is 39.2 Å². The Hall–Kier alpha value is -4.27. The minimum absolute atomic E-state index is 0.0739. The number of amides is 1. The quantitative estimate of drug-likeness (QED) is 0.224. The van der Waals surface area contributed by atoms with Gasteiger partial charge in [-0.1, -0.05) is 42.5 Å². The number of nitrogens with one attached hydrogen (secondary N) is 2. The van der Waals surface area contributed by atoms with E-state index in [1.165, 1.54) is 7.11 Å². The van der Waals surface area contributed by atoms with Crippen LogP contribution in [-0.4, -0.2) is 46.2 Å². The molecule has 0 aliphatic heterocycles. The maximum Gasteiger partial charge on any atom is 0.337 e. The summed E-state index contributed by atoms with van der Waals surface area (Å²) >= 11 is 0. The van der Waals surface area contributed by atoms with Gasteiger partial charge in [-0.15, -0.1) is 0 Å². The Labute approximate surface area is 241 Å². The summed E-state index contributed by atoms with van der Waals surface area (Å²) in [7, 11) is 1.35. The molecule has 0 spiro atoms. The van der Waals surface area contributed by atoms with Crippen LogP contribution in [0.1, 0.15) is 57.0 Å². The van der Waals surface area contributed by atoms with Gasteiger partial charge < -0.3 is 25.0 Å². The molecule has 0 saturated carbocycles. The largest absolute Gasteiger partial charge is 0.465 e. The van der Waals surface area contributed by atoms with Crippen LogP contribution in [0.4, 0.5) is 0 Å². The number of hydrogen-bond donors (Lipinski definition) is 3. The fraction of sp³-hybridized carbons (Fsp3) is 0.303. The summed E-state index contributed by atoms with van der Waals surface area (Å²) in [5.41, 5.74) is 6.43. The number of benzene rings is 2. The first-order valence-electron chi connectivity index (χ1n) is 13.8. The minimum Gasteiger partial charge on any atom is -0.465 e. The summed E-state index contributed by atoms with van der Waals surface area (Å²) < 4.78 is 6.79. The predicted octanol–water partition coefficient (Wildman–Crippen LogP) is 4.39. The van der Waals surface area contributed by atoms with Crippen LogP contribution in [0.5, 0.6) is 0 Å². The van der Waals surface area contributed by atoms with Crippen molar-refractivity contribution in [2.75, 3.05) is 13.7 Å². The molecule has 1 amide bonds. The number of pyridine rings is 1. The molecule has 3 N–H and O–H groups in total. The van der Waals surface area contributed by atoms with Crippen molar-refractivity contribution in [3.63, 3.8) is 0 Å². The second-order valence-corrected chi connectivity index (χ2v) is 10.4. The average molecular weight is 555 g/mol. The third kappa shape index (κ3) is 8.13. The molecule has 0 aliphatic rings. The molecule has 2 aromatic carbocycles. The summed E-state index contributed by atoms with van der Waals surface area (Å²) in [4.78, 5) is 28.7. The van der Waals surface area contributed by atoms with Crippen LogP contribution in [0.3, 0.4) is 0 Å². The van der Waals surface area contributed by atoms with Crippen LogP contribution >= 0.6 is 0 Å². The van der Waals surface area contributed by atoms with Crippen molar-refractivity contribution in [3.8, 4) is 5.82 Å². The zero-order chi connectivity index (χ0) is 29.4. The van der Waals surface area contributed by atoms with Crippen molar-refractivity contribution in [3.05, 3.63) is 118 Å². The van der Waals surface area contributed by atoms with Crippen molar-refractivity contribution in [2.45, 2.75) is 52.3 Å². The van der Waals surface area contributed by atoms with E-state index >= 15 is 0 Å². The van der Waals surface area contributed by atoms with E-state index in [9.17, 15) is 14.7 Å². The van der Waals surface area contributed by atoms with E-state index in [4.69, 9.17) is 4.74 Å². The number of aliphatic hydroxyl groups excluding tert-OH is 1. The van der Waals surface area contributed by atoms with Gasteiger partial charge >= 0.3 is 5.97 Å². The summed E-state index contributed by atoms with van der Waals surface area (Å²) in [6.45, 7) is 6.96. The third-order valence-electron chi connectivity index (χ3n) is 7.08. The predicted molar refractivity (Wildman–Crippen MR) is 159 cm³/mol. The number of nitrogens with zero attached hydrogens (tertiary/aromatic N) is 2. The number of ether oxygens (including phenoxy) is 1. The summed E-state index contributed by atoms with van der Waals surface area (Å²) in [6, 6.07) is 23.1. The molecule has 0 fully saturated rings. The smallest absolute Gasteiger partial charge is 0.337 e. The highest BCUT2D eigenvalue weighted by Gasteiger charge is 2.13. The van der Waals surface area contributed by atoms with Gasteiger partial charge in [-0.2, -0.15) is 0 Å². The fourth-order valence-electron chi connectivity index (χ4n) is 4.80. The number of aromatic nitrogens is 2. The molecule has 2 atom stereocenters. The lowest BCUT2D eigenvalue weighted by molar-refractivity contribution is -0.120. The maximum absolute atomic E-state index is 12.5. The van der Waals surface area contributed by atoms with E-state index in [-0.39, 0.29) is 24.3 Å². The van der Waals surface area contributed by atoms with Gasteiger partial charge in [-0.3, -0.25) is 4.79 Å². The number of methoxy groups -OCH3 is 1. The molecule has 8 nitrogen and oxygen atoms in total. The van der Waals surface area contributed by atoms with Gasteiger partial charge in [0.15, 0.2) is 0 Å². The van der Waals surface area contributed by atoms with Crippen LogP contribution < -0.4 is 10.6 Å². The van der Waals surface area contributed by atoms with Gasteiger partial charge in [0.25, 0.3) is 0 Å². The molecule has 0 aliphatic carbocycles. The first kappa shape index (κ1) is 29.7. The standard InChI is InChI=1S/C33H38N4O4/c1-22(34-21-30(38)29-14-15-31(35-20-29)37-23(2)8-9-24(37)3)16-26-6-5-7-27(17-26)18-32(39)36-19-25-10-12-28(13-11-25)33(40)41-4/h5-15,17,20,22,30,34,38H,16,18-19,21H2,1-4H3,(H,36,39)/t22-,30-/m1/s1. The van der Waals surface area contributed by atoms with E-state index in [1.54, 1.807) is 30.5 Å². The highest BCUT2D eigenvalue weighted by Crippen LogP contribution is 2.18. The molecular weight excluding hydrogens is 516 g/mol. The van der Waals surface area contributed by atoms with Crippen LogP contribution in [0, 0.1) is 13.8 Å². The van der Waals surface area contributed by atoms with Crippen molar-refractivity contribution in [2.24, 2.45) is 0 Å². The number of esters is 1. The molecule has 0 bridgehead atoms. The molecule has 2 aromatic heterocycles. The molecular formula is C33H38N4O4. The van der Waals surface area contributed by atoms with Gasteiger partial charge in [0.1, 0.15) is 5.82 Å². The molecule has 2 heterocycles. The molecule has 0 unspecified atom stereocenters. The molecule has 4 aromatic rings. The fourth-order valence-corrected chi connectivity index (χ4v) is 4.80. The zero-order valence-corrected chi connectivity index (χ0v) is 24.1. The lowest BCUT2D eigenvalue weighted by atomic mass is 10.0. The molecule has 4 rings (SSSR count). The van der Waals surface area contributed by atoms with Crippen molar-refractivity contribution in [1.29, 1.82) is 0 Å². The first-order chi connectivity index (χ1) is 19.7. The Balaban J connectivity index is 1.23. The number of hydrogen-bond acceptors (Lipinski definition) is 6. The van der Waals surface area contributed by atoms with E-state index in [0.29, 0.717) is 18.7 Å². The Morgan fingerprint density at radius 2 is 1.66 bits per heavy atom. The molecule has 8 heteroatoms. The van der Waals surface area contributed by atoms with Crippen LogP contribution in [0.25, 0.3) is 5.82 Å². The molecule has 0 saturated heterocycles. The van der Waals surface area contributed by atoms with Gasteiger partial charge in [0.2, 0.25) is 5.91 Å². The third-order valence-corrected chi connectivity index (χ3v) is 7.08. The molecule has 214 valence electrons. The summed E-state index contributed by atoms with van der Waals surface area (Å²) in [6.07, 6.45) is 2.10. The number of rotatable bonds is 12. The van der Waals surface area contributed by atoms with Crippen molar-refractivity contribution >= 4 is 11.9 Å². The van der Waals surface area contributed by atoms with Crippen LogP contribution in [-0.2, 0) is 28.9 Å². The van der Waals surface area contributed by atoms with E-state index in [1.807, 2.05) is 50.2 Å². The lowest BCUT2D eigenvalue weighted by Gasteiger charge is -2.18. The highest BCUT2D eigenvalue weighted by atomic mass is 16.5. The maximum atomic E-state index is 12.5. The lowest BCUT2D eigenvalue weighted by Crippen LogP contribution is -2.32. The number of aliphatic hydroxyl groups is 1. The Bertz CT molecular complexity index is 1440. The van der Waals surface area contributed by atoms with Gasteiger partial charge in [-0.05, 0) is 74.2 Å². The second kappa shape index (κ2) is 13.9. The number of carbonyl (C=O) groups is 2.